The summed E-state index contributed by atoms with van der Waals surface area (Å²) in [6.45, 7) is 1.72. The molecule has 0 saturated heterocycles. The molecule has 1 atom stereocenters. The zero-order chi connectivity index (χ0) is 9.14. The minimum Gasteiger partial charge on any atom is -0.393 e. The van der Waals surface area contributed by atoms with Crippen molar-refractivity contribution in [2.45, 2.75) is 13.0 Å². The molecule has 2 N–H and O–H groups in total. The number of aliphatic hydroxyl groups is 2. The van der Waals surface area contributed by atoms with Gasteiger partial charge in [0.1, 0.15) is 6.10 Å². The molecule has 0 radical (unpaired) electrons. The van der Waals surface area contributed by atoms with Crippen molar-refractivity contribution in [1.82, 2.24) is 0 Å². The lowest BCUT2D eigenvalue weighted by Crippen LogP contribution is -2.03. The fourth-order valence-corrected chi connectivity index (χ4v) is 1.76. The van der Waals surface area contributed by atoms with E-state index >= 15 is 0 Å². The van der Waals surface area contributed by atoms with Crippen LogP contribution in [0.2, 0.25) is 0 Å². The average molecular weight is 231 g/mol. The van der Waals surface area contributed by atoms with Gasteiger partial charge >= 0.3 is 0 Å². The summed E-state index contributed by atoms with van der Waals surface area (Å²) in [4.78, 5) is 0. The maximum Gasteiger partial charge on any atom is 0.103 e. The second-order valence-electron chi connectivity index (χ2n) is 2.72. The van der Waals surface area contributed by atoms with Gasteiger partial charge in [0.25, 0.3) is 0 Å². The van der Waals surface area contributed by atoms with Crippen molar-refractivity contribution in [1.29, 1.82) is 0 Å². The van der Waals surface area contributed by atoms with Gasteiger partial charge in [-0.05, 0) is 24.1 Å². The minimum atomic E-state index is -0.792. The molecule has 0 amide bonds. The van der Waals surface area contributed by atoms with E-state index in [0.29, 0.717) is 0 Å². The summed E-state index contributed by atoms with van der Waals surface area (Å²) in [6.07, 6.45) is -0.792. The molecule has 0 aliphatic carbocycles. The van der Waals surface area contributed by atoms with Crippen LogP contribution in [0, 0.1) is 6.92 Å². The van der Waals surface area contributed by atoms with E-state index in [-0.39, 0.29) is 6.61 Å². The lowest BCUT2D eigenvalue weighted by molar-refractivity contribution is 0.0951. The van der Waals surface area contributed by atoms with E-state index in [1.54, 1.807) is 6.07 Å². The van der Waals surface area contributed by atoms with Crippen LogP contribution >= 0.6 is 15.9 Å². The van der Waals surface area contributed by atoms with Gasteiger partial charge in [0.2, 0.25) is 0 Å². The molecule has 1 aromatic rings. The first-order valence-electron chi connectivity index (χ1n) is 3.70. The Kier molecular flexibility index (Phi) is 3.26. The van der Waals surface area contributed by atoms with Crippen LogP contribution in [0.25, 0.3) is 0 Å². The van der Waals surface area contributed by atoms with Crippen LogP contribution in [0.15, 0.2) is 22.7 Å². The van der Waals surface area contributed by atoms with Crippen LogP contribution in [0.3, 0.4) is 0 Å². The summed E-state index contributed by atoms with van der Waals surface area (Å²) in [5, 5.41) is 18.0. The van der Waals surface area contributed by atoms with Crippen molar-refractivity contribution in [3.63, 3.8) is 0 Å². The number of aryl methyl sites for hydroxylation is 1. The molecule has 0 spiro atoms. The highest BCUT2D eigenvalue weighted by Gasteiger charge is 2.08. The van der Waals surface area contributed by atoms with E-state index in [1.165, 1.54) is 0 Å². The van der Waals surface area contributed by atoms with Crippen LogP contribution in [0.1, 0.15) is 17.2 Å². The van der Waals surface area contributed by atoms with Gasteiger partial charge in [0.15, 0.2) is 0 Å². The molecule has 0 unspecified atom stereocenters. The summed E-state index contributed by atoms with van der Waals surface area (Å²) in [5.74, 6) is 0. The van der Waals surface area contributed by atoms with E-state index < -0.39 is 6.10 Å². The predicted molar refractivity (Wildman–Crippen MR) is 50.9 cm³/mol. The molecule has 0 saturated carbocycles. The molecule has 1 rings (SSSR count). The number of rotatable bonds is 2. The number of hydrogen-bond acceptors (Lipinski definition) is 2. The van der Waals surface area contributed by atoms with Gasteiger partial charge in [-0.25, -0.2) is 0 Å². The standard InChI is InChI=1S/C9H11BrO2/c1-6-2-3-7(8(10)4-6)9(12)5-11/h2-4,9,11-12H,5H2,1H3/t9-/m0/s1. The third-order valence-electron chi connectivity index (χ3n) is 1.69. The summed E-state index contributed by atoms with van der Waals surface area (Å²) in [5.41, 5.74) is 1.85. The van der Waals surface area contributed by atoms with Crippen molar-refractivity contribution in [3.8, 4) is 0 Å². The second-order valence-corrected chi connectivity index (χ2v) is 3.58. The highest BCUT2D eigenvalue weighted by atomic mass is 79.9. The van der Waals surface area contributed by atoms with E-state index in [4.69, 9.17) is 5.11 Å². The third-order valence-corrected chi connectivity index (χ3v) is 2.37. The Bertz CT molecular complexity index is 273. The predicted octanol–water partition coefficient (Wildman–Crippen LogP) is 1.78. The SMILES string of the molecule is Cc1ccc([C@@H](O)CO)c(Br)c1. The highest BCUT2D eigenvalue weighted by Crippen LogP contribution is 2.23. The topological polar surface area (TPSA) is 40.5 Å². The molecule has 0 bridgehead atoms. The van der Waals surface area contributed by atoms with Crippen LogP contribution in [0.4, 0.5) is 0 Å². The van der Waals surface area contributed by atoms with Gasteiger partial charge in [0.05, 0.1) is 6.61 Å². The Morgan fingerprint density at radius 2 is 2.17 bits per heavy atom. The molecule has 0 aliphatic heterocycles. The average Bonchev–Trinajstić information content (AvgIpc) is 2.03. The Morgan fingerprint density at radius 1 is 1.50 bits per heavy atom. The van der Waals surface area contributed by atoms with Crippen LogP contribution in [-0.2, 0) is 0 Å². The van der Waals surface area contributed by atoms with Gasteiger partial charge in [-0.1, -0.05) is 28.1 Å². The Morgan fingerprint density at radius 3 is 2.67 bits per heavy atom. The van der Waals surface area contributed by atoms with Crippen molar-refractivity contribution < 1.29 is 10.2 Å². The number of benzene rings is 1. The molecule has 0 aromatic heterocycles. The molecule has 12 heavy (non-hydrogen) atoms. The Labute approximate surface area is 80.0 Å². The monoisotopic (exact) mass is 230 g/mol. The molecule has 0 fully saturated rings. The van der Waals surface area contributed by atoms with E-state index in [1.807, 2.05) is 19.1 Å². The first-order chi connectivity index (χ1) is 5.65. The fourth-order valence-electron chi connectivity index (χ4n) is 1.00. The summed E-state index contributed by atoms with van der Waals surface area (Å²) < 4.78 is 0.837. The zero-order valence-electron chi connectivity index (χ0n) is 6.79. The largest absolute Gasteiger partial charge is 0.393 e. The zero-order valence-corrected chi connectivity index (χ0v) is 8.37. The van der Waals surface area contributed by atoms with E-state index in [2.05, 4.69) is 15.9 Å². The van der Waals surface area contributed by atoms with Crippen molar-refractivity contribution in [2.75, 3.05) is 6.61 Å². The lowest BCUT2D eigenvalue weighted by atomic mass is 10.1. The number of aliphatic hydroxyl groups excluding tert-OH is 2. The summed E-state index contributed by atoms with van der Waals surface area (Å²) >= 11 is 3.32. The molecule has 0 aliphatic rings. The molecule has 2 nitrogen and oxygen atoms in total. The van der Waals surface area contributed by atoms with E-state index in [0.717, 1.165) is 15.6 Å². The Hall–Kier alpha value is -0.380. The number of hydrogen-bond donors (Lipinski definition) is 2. The molecular weight excluding hydrogens is 220 g/mol. The van der Waals surface area contributed by atoms with Crippen LogP contribution in [0.5, 0.6) is 0 Å². The summed E-state index contributed by atoms with van der Waals surface area (Å²) in [7, 11) is 0. The van der Waals surface area contributed by atoms with Crippen LogP contribution in [-0.4, -0.2) is 16.8 Å². The van der Waals surface area contributed by atoms with Crippen molar-refractivity contribution in [2.24, 2.45) is 0 Å². The molecule has 66 valence electrons. The molecule has 3 heteroatoms. The number of halogens is 1. The van der Waals surface area contributed by atoms with Crippen molar-refractivity contribution >= 4 is 15.9 Å². The van der Waals surface area contributed by atoms with Crippen molar-refractivity contribution in [3.05, 3.63) is 33.8 Å². The van der Waals surface area contributed by atoms with Gasteiger partial charge in [0, 0.05) is 4.47 Å². The second kappa shape index (κ2) is 4.03. The van der Waals surface area contributed by atoms with Crippen LogP contribution < -0.4 is 0 Å². The quantitative estimate of drug-likeness (QED) is 0.814. The first kappa shape index (κ1) is 9.71. The molecule has 0 heterocycles. The maximum atomic E-state index is 9.32. The van der Waals surface area contributed by atoms with Gasteiger partial charge < -0.3 is 10.2 Å². The third kappa shape index (κ3) is 2.06. The van der Waals surface area contributed by atoms with Gasteiger partial charge in [-0.15, -0.1) is 0 Å². The normalized spacial score (nSPS) is 13.0. The lowest BCUT2D eigenvalue weighted by Gasteiger charge is -2.09. The summed E-state index contributed by atoms with van der Waals surface area (Å²) in [6, 6.07) is 5.62. The van der Waals surface area contributed by atoms with E-state index in [9.17, 15) is 5.11 Å². The maximum absolute atomic E-state index is 9.32. The van der Waals surface area contributed by atoms with Gasteiger partial charge in [-0.3, -0.25) is 0 Å². The molecule has 1 aromatic carbocycles. The van der Waals surface area contributed by atoms with Gasteiger partial charge in [-0.2, -0.15) is 0 Å². The first-order valence-corrected chi connectivity index (χ1v) is 4.49. The fraction of sp³-hybridized carbons (Fsp3) is 0.333. The molecular formula is C9H11BrO2. The smallest absolute Gasteiger partial charge is 0.103 e. The minimum absolute atomic E-state index is 0.248. The highest BCUT2D eigenvalue weighted by molar-refractivity contribution is 9.10. The Balaban J connectivity index is 3.01.